The van der Waals surface area contributed by atoms with E-state index in [9.17, 15) is 0 Å². The van der Waals surface area contributed by atoms with E-state index < -0.39 is 0 Å². The second kappa shape index (κ2) is 4.60. The molecule has 1 unspecified atom stereocenters. The van der Waals surface area contributed by atoms with E-state index in [1.807, 2.05) is 0 Å². The van der Waals surface area contributed by atoms with Gasteiger partial charge in [-0.1, -0.05) is 0 Å². The molecule has 0 aromatic heterocycles. The van der Waals surface area contributed by atoms with E-state index in [0.29, 0.717) is 6.54 Å². The minimum absolute atomic E-state index is 0.121. The molecule has 0 saturated carbocycles. The summed E-state index contributed by atoms with van der Waals surface area (Å²) in [5.74, 6) is 0. The van der Waals surface area contributed by atoms with Gasteiger partial charge in [-0.2, -0.15) is 0 Å². The van der Waals surface area contributed by atoms with Gasteiger partial charge in [-0.05, 0) is 33.6 Å². The normalized spacial score (nSPS) is 30.0. The number of hydrogen-bond acceptors (Lipinski definition) is 3. The lowest BCUT2D eigenvalue weighted by Gasteiger charge is -2.37. The van der Waals surface area contributed by atoms with Crippen molar-refractivity contribution in [2.45, 2.75) is 51.2 Å². The third-order valence-electron chi connectivity index (χ3n) is 2.52. The second-order valence-electron chi connectivity index (χ2n) is 5.07. The third kappa shape index (κ3) is 3.56. The van der Waals surface area contributed by atoms with Gasteiger partial charge in [-0.3, -0.25) is 0 Å². The molecular formula is C11H23NO2. The smallest absolute Gasteiger partial charge is 0.0833 e. The first-order valence-corrected chi connectivity index (χ1v) is 5.45. The van der Waals surface area contributed by atoms with Crippen LogP contribution in [0.1, 0.15) is 40.0 Å². The van der Waals surface area contributed by atoms with E-state index >= 15 is 0 Å². The van der Waals surface area contributed by atoms with Crippen molar-refractivity contribution < 1.29 is 9.47 Å². The van der Waals surface area contributed by atoms with Gasteiger partial charge in [0.05, 0.1) is 11.2 Å². The van der Waals surface area contributed by atoms with Gasteiger partial charge < -0.3 is 15.2 Å². The Labute approximate surface area is 86.9 Å². The predicted molar refractivity (Wildman–Crippen MR) is 57.3 cm³/mol. The van der Waals surface area contributed by atoms with Crippen LogP contribution >= 0.6 is 0 Å². The standard InChI is InChI=1S/C11H23NO2/c1-10(2,3)14-11(9-12)5-4-7-13-8-6-11/h4-9,12H2,1-3H3. The second-order valence-corrected chi connectivity index (χ2v) is 5.07. The predicted octanol–water partition coefficient (Wildman–Crippen LogP) is 1.70. The fraction of sp³-hybridized carbons (Fsp3) is 1.00. The number of ether oxygens (including phenoxy) is 2. The Morgan fingerprint density at radius 3 is 2.57 bits per heavy atom. The molecule has 3 nitrogen and oxygen atoms in total. The Hall–Kier alpha value is -0.120. The third-order valence-corrected chi connectivity index (χ3v) is 2.52. The number of hydrogen-bond donors (Lipinski definition) is 1. The molecular weight excluding hydrogens is 178 g/mol. The van der Waals surface area contributed by atoms with Gasteiger partial charge in [0.25, 0.3) is 0 Å². The van der Waals surface area contributed by atoms with E-state index in [4.69, 9.17) is 15.2 Å². The molecule has 0 bridgehead atoms. The molecule has 0 aromatic rings. The summed E-state index contributed by atoms with van der Waals surface area (Å²) in [7, 11) is 0. The van der Waals surface area contributed by atoms with Crippen LogP contribution in [0.25, 0.3) is 0 Å². The molecule has 0 aliphatic carbocycles. The number of nitrogens with two attached hydrogens (primary N) is 1. The first-order valence-electron chi connectivity index (χ1n) is 5.45. The van der Waals surface area contributed by atoms with Gasteiger partial charge in [0, 0.05) is 26.2 Å². The summed E-state index contributed by atoms with van der Waals surface area (Å²) in [6.07, 6.45) is 2.98. The van der Waals surface area contributed by atoms with Gasteiger partial charge >= 0.3 is 0 Å². The molecule has 1 atom stereocenters. The van der Waals surface area contributed by atoms with Crippen LogP contribution < -0.4 is 5.73 Å². The van der Waals surface area contributed by atoms with Crippen LogP contribution in [0.3, 0.4) is 0 Å². The minimum Gasteiger partial charge on any atom is -0.381 e. The molecule has 1 fully saturated rings. The molecule has 14 heavy (non-hydrogen) atoms. The first kappa shape index (κ1) is 12.0. The SMILES string of the molecule is CC(C)(C)OC1(CN)CCCOCC1. The fourth-order valence-corrected chi connectivity index (χ4v) is 1.98. The van der Waals surface area contributed by atoms with Crippen LogP contribution in [0, 0.1) is 0 Å². The van der Waals surface area contributed by atoms with Gasteiger partial charge in [0.2, 0.25) is 0 Å². The van der Waals surface area contributed by atoms with Crippen molar-refractivity contribution in [3.05, 3.63) is 0 Å². The van der Waals surface area contributed by atoms with Crippen LogP contribution in [0.15, 0.2) is 0 Å². The zero-order valence-electron chi connectivity index (χ0n) is 9.64. The molecule has 1 aliphatic rings. The monoisotopic (exact) mass is 201 g/mol. The van der Waals surface area contributed by atoms with Gasteiger partial charge in [0.1, 0.15) is 0 Å². The highest BCUT2D eigenvalue weighted by atomic mass is 16.5. The molecule has 84 valence electrons. The molecule has 0 amide bonds. The average Bonchev–Trinajstić information content (AvgIpc) is 2.28. The fourth-order valence-electron chi connectivity index (χ4n) is 1.98. The maximum Gasteiger partial charge on any atom is 0.0833 e. The van der Waals surface area contributed by atoms with E-state index in [1.54, 1.807) is 0 Å². The highest BCUT2D eigenvalue weighted by Crippen LogP contribution is 2.29. The summed E-state index contributed by atoms with van der Waals surface area (Å²) in [5, 5.41) is 0. The van der Waals surface area contributed by atoms with E-state index in [0.717, 1.165) is 32.5 Å². The molecule has 1 heterocycles. The van der Waals surface area contributed by atoms with Crippen molar-refractivity contribution in [3.63, 3.8) is 0 Å². The lowest BCUT2D eigenvalue weighted by Crippen LogP contribution is -2.46. The van der Waals surface area contributed by atoms with Crippen molar-refractivity contribution >= 4 is 0 Å². The summed E-state index contributed by atoms with van der Waals surface area (Å²) in [6.45, 7) is 8.44. The van der Waals surface area contributed by atoms with Crippen LogP contribution in [0.2, 0.25) is 0 Å². The Morgan fingerprint density at radius 1 is 1.29 bits per heavy atom. The highest BCUT2D eigenvalue weighted by Gasteiger charge is 2.34. The molecule has 3 heteroatoms. The first-order chi connectivity index (χ1) is 6.47. The largest absolute Gasteiger partial charge is 0.381 e. The maximum absolute atomic E-state index is 6.09. The molecule has 1 aliphatic heterocycles. The Morgan fingerprint density at radius 2 is 2.00 bits per heavy atom. The molecule has 2 N–H and O–H groups in total. The number of rotatable bonds is 2. The lowest BCUT2D eigenvalue weighted by molar-refractivity contribution is -0.134. The zero-order valence-corrected chi connectivity index (χ0v) is 9.64. The topological polar surface area (TPSA) is 44.5 Å². The van der Waals surface area contributed by atoms with Crippen molar-refractivity contribution in [2.24, 2.45) is 5.73 Å². The molecule has 0 radical (unpaired) electrons. The van der Waals surface area contributed by atoms with Crippen LogP contribution in [0.5, 0.6) is 0 Å². The van der Waals surface area contributed by atoms with Gasteiger partial charge in [-0.15, -0.1) is 0 Å². The Balaban J connectivity index is 2.63. The van der Waals surface area contributed by atoms with Crippen LogP contribution in [-0.4, -0.2) is 31.0 Å². The van der Waals surface area contributed by atoms with Crippen molar-refractivity contribution in [1.82, 2.24) is 0 Å². The maximum atomic E-state index is 6.09. The summed E-state index contributed by atoms with van der Waals surface area (Å²) in [4.78, 5) is 0. The lowest BCUT2D eigenvalue weighted by atomic mass is 9.93. The average molecular weight is 201 g/mol. The van der Waals surface area contributed by atoms with Gasteiger partial charge in [0.15, 0.2) is 0 Å². The Kier molecular flexibility index (Phi) is 3.93. The summed E-state index contributed by atoms with van der Waals surface area (Å²) < 4.78 is 11.5. The summed E-state index contributed by atoms with van der Waals surface area (Å²) >= 11 is 0. The van der Waals surface area contributed by atoms with E-state index in [-0.39, 0.29) is 11.2 Å². The summed E-state index contributed by atoms with van der Waals surface area (Å²) in [5.41, 5.74) is 5.56. The van der Waals surface area contributed by atoms with Crippen LogP contribution in [0.4, 0.5) is 0 Å². The van der Waals surface area contributed by atoms with E-state index in [2.05, 4.69) is 20.8 Å². The molecule has 1 rings (SSSR count). The summed E-state index contributed by atoms with van der Waals surface area (Å²) in [6, 6.07) is 0. The van der Waals surface area contributed by atoms with E-state index in [1.165, 1.54) is 0 Å². The quantitative estimate of drug-likeness (QED) is 0.739. The minimum atomic E-state index is -0.158. The van der Waals surface area contributed by atoms with Crippen molar-refractivity contribution in [3.8, 4) is 0 Å². The zero-order chi connectivity index (χ0) is 10.7. The van der Waals surface area contributed by atoms with Crippen LogP contribution in [-0.2, 0) is 9.47 Å². The van der Waals surface area contributed by atoms with Crippen molar-refractivity contribution in [1.29, 1.82) is 0 Å². The highest BCUT2D eigenvalue weighted by molar-refractivity contribution is 4.86. The Bertz CT molecular complexity index is 167. The van der Waals surface area contributed by atoms with Gasteiger partial charge in [-0.25, -0.2) is 0 Å². The molecule has 0 aromatic carbocycles. The molecule has 0 spiro atoms. The van der Waals surface area contributed by atoms with Crippen molar-refractivity contribution in [2.75, 3.05) is 19.8 Å². The molecule has 1 saturated heterocycles.